The fourth-order valence-corrected chi connectivity index (χ4v) is 2.93. The van der Waals surface area contributed by atoms with Crippen LogP contribution in [0.3, 0.4) is 0 Å². The molecule has 1 unspecified atom stereocenters. The molecule has 0 aliphatic rings. The Bertz CT molecular complexity index is 466. The summed E-state index contributed by atoms with van der Waals surface area (Å²) in [5.41, 5.74) is 4.05. The molecule has 0 aromatic carbocycles. The first kappa shape index (κ1) is 12.7. The molecule has 1 N–H and O–H groups in total. The van der Waals surface area contributed by atoms with E-state index in [2.05, 4.69) is 50.6 Å². The van der Waals surface area contributed by atoms with Gasteiger partial charge in [-0.15, -0.1) is 11.3 Å². The van der Waals surface area contributed by atoms with E-state index in [0.717, 1.165) is 29.0 Å². The summed E-state index contributed by atoms with van der Waals surface area (Å²) in [6.45, 7) is 5.93. The molecular weight excluding hydrogens is 300 g/mol. The van der Waals surface area contributed by atoms with Gasteiger partial charge in [0.2, 0.25) is 0 Å². The Morgan fingerprint density at radius 3 is 2.94 bits per heavy atom. The van der Waals surface area contributed by atoms with Crippen molar-refractivity contribution in [3.63, 3.8) is 0 Å². The average Bonchev–Trinajstić information content (AvgIpc) is 2.95. The zero-order chi connectivity index (χ0) is 12.3. The Labute approximate surface area is 113 Å². The first-order valence-electron chi connectivity index (χ1n) is 5.60. The number of nitrogens with one attached hydrogen (secondary N) is 1. The van der Waals surface area contributed by atoms with Crippen molar-refractivity contribution < 1.29 is 0 Å². The third-order valence-corrected chi connectivity index (χ3v) is 3.78. The van der Waals surface area contributed by atoms with Crippen LogP contribution < -0.4 is 5.32 Å². The van der Waals surface area contributed by atoms with Crippen LogP contribution in [0.15, 0.2) is 21.6 Å². The molecular formula is C11H15BrN4S. The van der Waals surface area contributed by atoms with Gasteiger partial charge in [0, 0.05) is 11.9 Å². The number of aryl methyl sites for hydroxylation is 1. The lowest BCUT2D eigenvalue weighted by molar-refractivity contribution is 0.534. The molecule has 0 amide bonds. The summed E-state index contributed by atoms with van der Waals surface area (Å²) < 4.78 is 3.02. The molecule has 0 spiro atoms. The molecule has 4 nitrogen and oxygen atoms in total. The Morgan fingerprint density at radius 2 is 2.35 bits per heavy atom. The van der Waals surface area contributed by atoms with Gasteiger partial charge >= 0.3 is 0 Å². The minimum absolute atomic E-state index is 0.100. The molecule has 0 fully saturated rings. The van der Waals surface area contributed by atoms with Crippen molar-refractivity contribution in [1.82, 2.24) is 20.1 Å². The van der Waals surface area contributed by atoms with E-state index in [1.165, 1.54) is 0 Å². The molecule has 2 rings (SSSR count). The quantitative estimate of drug-likeness (QED) is 0.922. The maximum atomic E-state index is 4.40. The molecule has 0 aliphatic heterocycles. The van der Waals surface area contributed by atoms with Gasteiger partial charge < -0.3 is 5.32 Å². The van der Waals surface area contributed by atoms with Crippen LogP contribution in [-0.4, -0.2) is 21.3 Å². The lowest BCUT2D eigenvalue weighted by Gasteiger charge is -2.17. The third-order valence-electron chi connectivity index (χ3n) is 2.56. The summed E-state index contributed by atoms with van der Waals surface area (Å²) in [5, 5.41) is 9.89. The van der Waals surface area contributed by atoms with Crippen molar-refractivity contribution in [3.8, 4) is 0 Å². The molecule has 17 heavy (non-hydrogen) atoms. The number of nitrogens with zero attached hydrogens (tertiary/aromatic N) is 3. The van der Waals surface area contributed by atoms with Crippen LogP contribution >= 0.6 is 27.3 Å². The molecule has 6 heteroatoms. The van der Waals surface area contributed by atoms with Gasteiger partial charge in [0.1, 0.15) is 0 Å². The summed E-state index contributed by atoms with van der Waals surface area (Å²) in [5.74, 6) is 0. The number of hydrogen-bond acceptors (Lipinski definition) is 4. The second kappa shape index (κ2) is 5.75. The molecule has 0 radical (unpaired) electrons. The standard InChI is InChI=1S/C11H15BrN4S/c1-3-13-10(9-6-17-7-14-9)11-8(12)5-15-16(11)4-2/h5-7,10,13H,3-4H2,1-2H3. The number of thiazole rings is 1. The maximum absolute atomic E-state index is 4.40. The fourth-order valence-electron chi connectivity index (χ4n) is 1.82. The highest BCUT2D eigenvalue weighted by Crippen LogP contribution is 2.28. The van der Waals surface area contributed by atoms with E-state index < -0.39 is 0 Å². The van der Waals surface area contributed by atoms with Crippen molar-refractivity contribution in [1.29, 1.82) is 0 Å². The topological polar surface area (TPSA) is 42.7 Å². The lowest BCUT2D eigenvalue weighted by Crippen LogP contribution is -2.25. The number of rotatable bonds is 5. The van der Waals surface area contributed by atoms with Crippen molar-refractivity contribution in [2.24, 2.45) is 0 Å². The van der Waals surface area contributed by atoms with E-state index in [-0.39, 0.29) is 6.04 Å². The number of hydrogen-bond donors (Lipinski definition) is 1. The molecule has 2 aromatic rings. The van der Waals surface area contributed by atoms with Crippen LogP contribution in [0.2, 0.25) is 0 Å². The van der Waals surface area contributed by atoms with Gasteiger partial charge in [-0.25, -0.2) is 4.98 Å². The summed E-state index contributed by atoms with van der Waals surface area (Å²) >= 11 is 5.18. The summed E-state index contributed by atoms with van der Waals surface area (Å²) in [6, 6.07) is 0.100. The molecule has 2 heterocycles. The van der Waals surface area contributed by atoms with Gasteiger partial charge in [0.25, 0.3) is 0 Å². The Kier molecular flexibility index (Phi) is 4.31. The highest BCUT2D eigenvalue weighted by atomic mass is 79.9. The Hall–Kier alpha value is -0.720. The van der Waals surface area contributed by atoms with Crippen LogP contribution in [0.25, 0.3) is 0 Å². The van der Waals surface area contributed by atoms with Gasteiger partial charge in [-0.05, 0) is 29.4 Å². The zero-order valence-corrected chi connectivity index (χ0v) is 12.3. The molecule has 1 atom stereocenters. The molecule has 0 saturated heterocycles. The predicted molar refractivity (Wildman–Crippen MR) is 73.2 cm³/mol. The van der Waals surface area contributed by atoms with Crippen LogP contribution in [0, 0.1) is 0 Å². The van der Waals surface area contributed by atoms with Crippen molar-refractivity contribution >= 4 is 27.3 Å². The van der Waals surface area contributed by atoms with E-state index in [4.69, 9.17) is 0 Å². The van der Waals surface area contributed by atoms with Crippen molar-refractivity contribution in [2.45, 2.75) is 26.4 Å². The summed E-state index contributed by atoms with van der Waals surface area (Å²) in [4.78, 5) is 4.40. The Morgan fingerprint density at radius 1 is 1.53 bits per heavy atom. The Balaban J connectivity index is 2.42. The van der Waals surface area contributed by atoms with E-state index in [1.807, 2.05) is 16.4 Å². The van der Waals surface area contributed by atoms with Crippen LogP contribution in [0.5, 0.6) is 0 Å². The number of aromatic nitrogens is 3. The first-order valence-corrected chi connectivity index (χ1v) is 7.34. The summed E-state index contributed by atoms with van der Waals surface area (Å²) in [7, 11) is 0. The third kappa shape index (κ3) is 2.59. The van der Waals surface area contributed by atoms with E-state index >= 15 is 0 Å². The molecule has 92 valence electrons. The SMILES string of the molecule is CCNC(c1cscn1)c1c(Br)cnn1CC. The monoisotopic (exact) mass is 314 g/mol. The van der Waals surface area contributed by atoms with Gasteiger partial charge in [-0.1, -0.05) is 6.92 Å². The average molecular weight is 315 g/mol. The normalized spacial score (nSPS) is 12.9. The lowest BCUT2D eigenvalue weighted by atomic mass is 10.1. The van der Waals surface area contributed by atoms with Crippen molar-refractivity contribution in [3.05, 3.63) is 32.9 Å². The van der Waals surface area contributed by atoms with E-state index in [0.29, 0.717) is 0 Å². The van der Waals surface area contributed by atoms with E-state index in [1.54, 1.807) is 11.3 Å². The van der Waals surface area contributed by atoms with E-state index in [9.17, 15) is 0 Å². The predicted octanol–water partition coefficient (Wildman–Crippen LogP) is 2.82. The largest absolute Gasteiger partial charge is 0.304 e. The van der Waals surface area contributed by atoms with Crippen LogP contribution in [0.1, 0.15) is 31.3 Å². The second-order valence-electron chi connectivity index (χ2n) is 3.60. The van der Waals surface area contributed by atoms with Gasteiger partial charge in [0.15, 0.2) is 0 Å². The first-order chi connectivity index (χ1) is 8.27. The van der Waals surface area contributed by atoms with Gasteiger partial charge in [-0.2, -0.15) is 5.10 Å². The second-order valence-corrected chi connectivity index (χ2v) is 5.17. The maximum Gasteiger partial charge on any atom is 0.0941 e. The van der Waals surface area contributed by atoms with Crippen LogP contribution in [-0.2, 0) is 6.54 Å². The minimum atomic E-state index is 0.100. The molecule has 0 saturated carbocycles. The minimum Gasteiger partial charge on any atom is -0.304 e. The molecule has 0 aliphatic carbocycles. The molecule has 0 bridgehead atoms. The fraction of sp³-hybridized carbons (Fsp3) is 0.455. The van der Waals surface area contributed by atoms with Gasteiger partial charge in [-0.3, -0.25) is 4.68 Å². The zero-order valence-electron chi connectivity index (χ0n) is 9.85. The highest BCUT2D eigenvalue weighted by molar-refractivity contribution is 9.10. The summed E-state index contributed by atoms with van der Waals surface area (Å²) in [6.07, 6.45) is 1.84. The number of halogens is 1. The smallest absolute Gasteiger partial charge is 0.0941 e. The van der Waals surface area contributed by atoms with Gasteiger partial charge in [0.05, 0.1) is 33.6 Å². The molecule has 2 aromatic heterocycles. The van der Waals surface area contributed by atoms with Crippen molar-refractivity contribution in [2.75, 3.05) is 6.54 Å². The highest BCUT2D eigenvalue weighted by Gasteiger charge is 2.22. The van der Waals surface area contributed by atoms with Crippen LogP contribution in [0.4, 0.5) is 0 Å².